The minimum absolute atomic E-state index is 1.34. The third kappa shape index (κ3) is 2.55. The summed E-state index contributed by atoms with van der Waals surface area (Å²) in [6.45, 7) is 0. The number of hydrogen-bond donors (Lipinski definition) is 7. The summed E-state index contributed by atoms with van der Waals surface area (Å²) in [7, 11) is 1.82. The summed E-state index contributed by atoms with van der Waals surface area (Å²) in [4.78, 5) is 19.1. The molecule has 0 aromatic carbocycles. The molecule has 0 aliphatic carbocycles. The first-order chi connectivity index (χ1) is 7.04. The molecule has 0 heterocycles. The molecule has 0 aromatic rings. The minimum atomic E-state index is -2.46. The van der Waals surface area contributed by atoms with Crippen LogP contribution in [0.3, 0.4) is 0 Å². The van der Waals surface area contributed by atoms with Crippen LogP contribution < -0.4 is 40.5 Å². The van der Waals surface area contributed by atoms with Crippen LogP contribution in [0.2, 0.25) is 0 Å². The van der Waals surface area contributed by atoms with Crippen molar-refractivity contribution in [2.75, 3.05) is 0 Å². The first-order valence-electron chi connectivity index (χ1n) is 3.72. The molecule has 96 valence electrons. The molecule has 3 unspecified atom stereocenters. The Kier molecular flexibility index (Phi) is 4.53. The lowest BCUT2D eigenvalue weighted by atomic mass is 10.1. The molecule has 1 amide bonds. The molecule has 0 aliphatic heterocycles. The maximum atomic E-state index is 10.7. The highest BCUT2D eigenvalue weighted by molar-refractivity contribution is 7.18. The van der Waals surface area contributed by atoms with Gasteiger partial charge in [-0.1, -0.05) is 9.24 Å². The van der Waals surface area contributed by atoms with Crippen LogP contribution in [0.5, 0.6) is 0 Å². The predicted molar refractivity (Wildman–Crippen MR) is 55.9 cm³/mol. The molecule has 0 saturated heterocycles. The van der Waals surface area contributed by atoms with Crippen molar-refractivity contribution >= 4 is 15.3 Å². The third-order valence-electron chi connectivity index (χ3n) is 1.81. The van der Waals surface area contributed by atoms with E-state index in [0.717, 1.165) is 0 Å². The molecule has 0 spiro atoms. The van der Waals surface area contributed by atoms with Gasteiger partial charge in [0.15, 0.2) is 0 Å². The largest absolute Gasteiger partial charge is 0.417 e. The summed E-state index contributed by atoms with van der Waals surface area (Å²) in [5.74, 6) is 7.25. The van der Waals surface area contributed by atoms with E-state index in [1.807, 2.05) is 9.24 Å². The minimum Gasteiger partial charge on any atom is -0.417 e. The molecule has 16 heavy (non-hydrogen) atoms. The predicted octanol–water partition coefficient (Wildman–Crippen LogP) is -4.42. The Balaban J connectivity index is 5.44. The van der Waals surface area contributed by atoms with Crippen molar-refractivity contribution in [1.82, 2.24) is 0 Å². The van der Waals surface area contributed by atoms with Gasteiger partial charge in [0.25, 0.3) is 5.72 Å². The lowest BCUT2D eigenvalue weighted by molar-refractivity contribution is -0.241. The molecule has 0 fully saturated rings. The van der Waals surface area contributed by atoms with Crippen molar-refractivity contribution in [2.24, 2.45) is 40.5 Å². The molecule has 0 aromatic heterocycles. The Morgan fingerprint density at radius 1 is 1.06 bits per heavy atom. The lowest BCUT2D eigenvalue weighted by Crippen LogP contribution is -2.84. The fraction of sp³-hybridized carbons (Fsp3) is 0.750. The number of amides is 1. The van der Waals surface area contributed by atoms with E-state index < -0.39 is 23.1 Å². The average Bonchev–Trinajstić information content (AvgIpc) is 2.16. The SMILES string of the molecule is NOC(N)(N)C(N)(OC(N)=O)C(N)(P)ON. The average molecular weight is 257 g/mol. The van der Waals surface area contributed by atoms with Crippen LogP contribution in [0.1, 0.15) is 0 Å². The smallest absolute Gasteiger partial charge is 0.406 e. The van der Waals surface area contributed by atoms with Crippen molar-refractivity contribution in [3.05, 3.63) is 0 Å². The molecule has 12 heteroatoms. The molecule has 0 aliphatic rings. The third-order valence-corrected chi connectivity index (χ3v) is 2.38. The summed E-state index contributed by atoms with van der Waals surface area (Å²) in [6, 6.07) is 0. The molecule has 0 rings (SSSR count). The standard InChI is InChI=1S/C4H16N7O4P/c5-1(12)13-2(6,3(7,8)14-10)4(9,16)15-11/h6-11,16H2,(H2,5,12). The highest BCUT2D eigenvalue weighted by atomic mass is 31.0. The normalized spacial score (nSPS) is 19.7. The number of carbonyl (C=O) groups is 1. The second kappa shape index (κ2) is 4.71. The first kappa shape index (κ1) is 15.4. The molecular formula is C4H16N7O4P. The molecule has 0 bridgehead atoms. The maximum absolute atomic E-state index is 10.7. The number of rotatable bonds is 5. The Morgan fingerprint density at radius 3 is 1.75 bits per heavy atom. The Morgan fingerprint density at radius 2 is 1.50 bits per heavy atom. The first-order valence-corrected chi connectivity index (χ1v) is 4.30. The van der Waals surface area contributed by atoms with Gasteiger partial charge in [-0.2, -0.15) is 0 Å². The Hall–Kier alpha value is -0.620. The highest BCUT2D eigenvalue weighted by Gasteiger charge is 2.61. The van der Waals surface area contributed by atoms with E-state index in [-0.39, 0.29) is 0 Å². The Labute approximate surface area is 93.0 Å². The number of nitrogens with two attached hydrogens (primary N) is 7. The van der Waals surface area contributed by atoms with Crippen LogP contribution in [0.15, 0.2) is 0 Å². The maximum Gasteiger partial charge on any atom is 0.406 e. The fourth-order valence-corrected chi connectivity index (χ4v) is 1.08. The van der Waals surface area contributed by atoms with E-state index in [9.17, 15) is 4.79 Å². The van der Waals surface area contributed by atoms with E-state index in [1.54, 1.807) is 0 Å². The fourth-order valence-electron chi connectivity index (χ4n) is 0.799. The molecule has 0 radical (unpaired) electrons. The van der Waals surface area contributed by atoms with Crippen molar-refractivity contribution in [2.45, 2.75) is 17.0 Å². The van der Waals surface area contributed by atoms with Gasteiger partial charge in [-0.25, -0.2) is 16.6 Å². The summed E-state index contributed by atoms with van der Waals surface area (Å²) < 4.78 is 4.46. The van der Waals surface area contributed by atoms with Gasteiger partial charge in [0.1, 0.15) is 0 Å². The zero-order chi connectivity index (χ0) is 13.2. The second-order valence-corrected chi connectivity index (χ2v) is 3.84. The number of hydrogen-bond acceptors (Lipinski definition) is 10. The van der Waals surface area contributed by atoms with Crippen molar-refractivity contribution < 1.29 is 19.2 Å². The van der Waals surface area contributed by atoms with Gasteiger partial charge in [0, 0.05) is 0 Å². The van der Waals surface area contributed by atoms with Crippen LogP contribution >= 0.6 is 9.24 Å². The molecule has 0 saturated carbocycles. The molecule has 11 nitrogen and oxygen atoms in total. The van der Waals surface area contributed by atoms with Crippen molar-refractivity contribution in [1.29, 1.82) is 0 Å². The Bertz CT molecular complexity index is 255. The van der Waals surface area contributed by atoms with Gasteiger partial charge < -0.3 is 10.5 Å². The molecule has 14 N–H and O–H groups in total. The van der Waals surface area contributed by atoms with Gasteiger partial charge in [-0.15, -0.1) is 0 Å². The van der Waals surface area contributed by atoms with E-state index in [4.69, 9.17) is 40.5 Å². The van der Waals surface area contributed by atoms with Crippen LogP contribution in [0.25, 0.3) is 0 Å². The summed E-state index contributed by atoms with van der Waals surface area (Å²) in [5, 5.41) is 0. The topological polar surface area (TPSA) is 227 Å². The van der Waals surface area contributed by atoms with Crippen LogP contribution in [-0.2, 0) is 14.4 Å². The lowest BCUT2D eigenvalue weighted by Gasteiger charge is -2.46. The quantitative estimate of drug-likeness (QED) is 0.142. The second-order valence-electron chi connectivity index (χ2n) is 2.98. The van der Waals surface area contributed by atoms with Gasteiger partial charge in [0.05, 0.1) is 0 Å². The van der Waals surface area contributed by atoms with Gasteiger partial charge >= 0.3 is 6.09 Å². The number of ether oxygens (including phenoxy) is 1. The monoisotopic (exact) mass is 257 g/mol. The van der Waals surface area contributed by atoms with E-state index in [0.29, 0.717) is 0 Å². The highest BCUT2D eigenvalue weighted by Crippen LogP contribution is 2.31. The van der Waals surface area contributed by atoms with Gasteiger partial charge in [0.2, 0.25) is 11.3 Å². The summed E-state index contributed by atoms with van der Waals surface area (Å²) in [5.41, 5.74) is 21.9. The zero-order valence-electron chi connectivity index (χ0n) is 8.25. The van der Waals surface area contributed by atoms with Crippen molar-refractivity contribution in [3.63, 3.8) is 0 Å². The van der Waals surface area contributed by atoms with Gasteiger partial charge in [-0.05, 0) is 0 Å². The van der Waals surface area contributed by atoms with Crippen LogP contribution in [-0.4, -0.2) is 23.1 Å². The summed E-state index contributed by atoms with van der Waals surface area (Å²) in [6.07, 6.45) is -1.34. The van der Waals surface area contributed by atoms with E-state index >= 15 is 0 Å². The van der Waals surface area contributed by atoms with E-state index in [2.05, 4.69) is 14.4 Å². The number of carbonyl (C=O) groups excluding carboxylic acids is 1. The zero-order valence-corrected chi connectivity index (χ0v) is 9.41. The van der Waals surface area contributed by atoms with Crippen LogP contribution in [0.4, 0.5) is 4.79 Å². The van der Waals surface area contributed by atoms with Gasteiger partial charge in [-0.3, -0.25) is 32.6 Å². The van der Waals surface area contributed by atoms with Crippen molar-refractivity contribution in [3.8, 4) is 0 Å². The molecule has 3 atom stereocenters. The number of primary amides is 1. The van der Waals surface area contributed by atoms with Crippen LogP contribution in [0, 0.1) is 0 Å². The molecular weight excluding hydrogens is 241 g/mol. The van der Waals surface area contributed by atoms with E-state index in [1.165, 1.54) is 0 Å². The summed E-state index contributed by atoms with van der Waals surface area (Å²) >= 11 is 0.